The molecule has 2 aliphatic rings. The summed E-state index contributed by atoms with van der Waals surface area (Å²) in [5.41, 5.74) is 1.72. The Hall–Kier alpha value is -0.300. The molecule has 0 aromatic carbocycles. The molecule has 1 N–H and O–H groups in total. The average molecular weight is 207 g/mol. The van der Waals surface area contributed by atoms with Gasteiger partial charge in [0.15, 0.2) is 0 Å². The second kappa shape index (κ2) is 5.69. The van der Waals surface area contributed by atoms with E-state index in [-0.39, 0.29) is 0 Å². The molecule has 0 bridgehead atoms. The third kappa shape index (κ3) is 2.84. The van der Waals surface area contributed by atoms with Crippen LogP contribution in [0.25, 0.3) is 0 Å². The second-order valence-corrected chi connectivity index (χ2v) is 5.19. The SMILES string of the molecule is CNC(C1=CCCCC1)C1CCCCC1. The Labute approximate surface area is 94.3 Å². The van der Waals surface area contributed by atoms with E-state index in [0.717, 1.165) is 5.92 Å². The van der Waals surface area contributed by atoms with Crippen LogP contribution in [0, 0.1) is 5.92 Å². The maximum Gasteiger partial charge on any atom is 0.0305 e. The van der Waals surface area contributed by atoms with E-state index >= 15 is 0 Å². The van der Waals surface area contributed by atoms with Crippen molar-refractivity contribution in [1.82, 2.24) is 5.32 Å². The lowest BCUT2D eigenvalue weighted by Crippen LogP contribution is -2.37. The first-order valence-electron chi connectivity index (χ1n) is 6.78. The van der Waals surface area contributed by atoms with Crippen molar-refractivity contribution < 1.29 is 0 Å². The van der Waals surface area contributed by atoms with Crippen LogP contribution in [0.4, 0.5) is 0 Å². The highest BCUT2D eigenvalue weighted by Gasteiger charge is 2.25. The number of hydrogen-bond acceptors (Lipinski definition) is 1. The Kier molecular flexibility index (Phi) is 4.25. The van der Waals surface area contributed by atoms with Crippen molar-refractivity contribution in [1.29, 1.82) is 0 Å². The highest BCUT2D eigenvalue weighted by Crippen LogP contribution is 2.32. The minimum atomic E-state index is 0.700. The molecule has 2 rings (SSSR count). The molecule has 1 heteroatoms. The van der Waals surface area contributed by atoms with Crippen LogP contribution in [0.3, 0.4) is 0 Å². The van der Waals surface area contributed by atoms with Crippen molar-refractivity contribution in [2.75, 3.05) is 7.05 Å². The van der Waals surface area contributed by atoms with Gasteiger partial charge in [0, 0.05) is 6.04 Å². The summed E-state index contributed by atoms with van der Waals surface area (Å²) in [4.78, 5) is 0. The molecule has 0 aromatic heterocycles. The maximum absolute atomic E-state index is 3.57. The van der Waals surface area contributed by atoms with Crippen LogP contribution in [0.2, 0.25) is 0 Å². The number of hydrogen-bond donors (Lipinski definition) is 1. The second-order valence-electron chi connectivity index (χ2n) is 5.19. The molecule has 0 aliphatic heterocycles. The zero-order valence-electron chi connectivity index (χ0n) is 10.1. The Morgan fingerprint density at radius 2 is 1.93 bits per heavy atom. The Morgan fingerprint density at radius 1 is 1.13 bits per heavy atom. The molecule has 1 unspecified atom stereocenters. The predicted octanol–water partition coefficient (Wildman–Crippen LogP) is 3.66. The lowest BCUT2D eigenvalue weighted by atomic mass is 9.78. The molecule has 0 radical (unpaired) electrons. The minimum absolute atomic E-state index is 0.700. The zero-order chi connectivity index (χ0) is 10.5. The predicted molar refractivity (Wildman–Crippen MR) is 66.0 cm³/mol. The lowest BCUT2D eigenvalue weighted by Gasteiger charge is -2.33. The van der Waals surface area contributed by atoms with Crippen molar-refractivity contribution in [3.8, 4) is 0 Å². The standard InChI is InChI=1S/C14H25N/c1-15-14(12-8-4-2-5-9-12)13-10-6-3-7-11-13/h8,13-15H,2-7,9-11H2,1H3. The summed E-state index contributed by atoms with van der Waals surface area (Å²) in [5, 5.41) is 3.57. The summed E-state index contributed by atoms with van der Waals surface area (Å²) in [6.07, 6.45) is 15.3. The Balaban J connectivity index is 1.98. The molecule has 1 atom stereocenters. The summed E-state index contributed by atoms with van der Waals surface area (Å²) >= 11 is 0. The molecule has 15 heavy (non-hydrogen) atoms. The van der Waals surface area contributed by atoms with Crippen molar-refractivity contribution in [2.45, 2.75) is 63.8 Å². The maximum atomic E-state index is 3.57. The smallest absolute Gasteiger partial charge is 0.0305 e. The molecular weight excluding hydrogens is 182 g/mol. The monoisotopic (exact) mass is 207 g/mol. The van der Waals surface area contributed by atoms with Gasteiger partial charge in [0.2, 0.25) is 0 Å². The molecular formula is C14H25N. The largest absolute Gasteiger partial charge is 0.313 e. The van der Waals surface area contributed by atoms with Gasteiger partial charge in [-0.2, -0.15) is 0 Å². The van der Waals surface area contributed by atoms with Crippen molar-refractivity contribution in [3.05, 3.63) is 11.6 Å². The fourth-order valence-electron chi connectivity index (χ4n) is 3.34. The van der Waals surface area contributed by atoms with Crippen LogP contribution in [0.15, 0.2) is 11.6 Å². The van der Waals surface area contributed by atoms with Crippen molar-refractivity contribution >= 4 is 0 Å². The van der Waals surface area contributed by atoms with Gasteiger partial charge in [-0.15, -0.1) is 0 Å². The molecule has 0 heterocycles. The molecule has 0 aromatic rings. The lowest BCUT2D eigenvalue weighted by molar-refractivity contribution is 0.295. The topological polar surface area (TPSA) is 12.0 Å². The quantitative estimate of drug-likeness (QED) is 0.696. The molecule has 1 nitrogen and oxygen atoms in total. The summed E-state index contributed by atoms with van der Waals surface area (Å²) in [7, 11) is 2.15. The van der Waals surface area contributed by atoms with Gasteiger partial charge in [0.25, 0.3) is 0 Å². The summed E-state index contributed by atoms with van der Waals surface area (Å²) in [6.45, 7) is 0. The molecule has 1 fully saturated rings. The van der Waals surface area contributed by atoms with Crippen molar-refractivity contribution in [3.63, 3.8) is 0 Å². The molecule has 86 valence electrons. The first-order chi connectivity index (χ1) is 7.42. The van der Waals surface area contributed by atoms with E-state index in [4.69, 9.17) is 0 Å². The number of likely N-dealkylation sites (N-methyl/N-ethyl adjacent to an activating group) is 1. The third-order valence-corrected chi connectivity index (χ3v) is 4.16. The normalized spacial score (nSPS) is 26.1. The van der Waals surface area contributed by atoms with Crippen LogP contribution < -0.4 is 5.32 Å². The van der Waals surface area contributed by atoms with E-state index in [0.29, 0.717) is 6.04 Å². The van der Waals surface area contributed by atoms with Gasteiger partial charge in [-0.3, -0.25) is 0 Å². The third-order valence-electron chi connectivity index (χ3n) is 4.16. The molecule has 0 amide bonds. The Morgan fingerprint density at radius 3 is 2.53 bits per heavy atom. The van der Waals surface area contributed by atoms with Crippen LogP contribution in [0.1, 0.15) is 57.8 Å². The van der Waals surface area contributed by atoms with Crippen LogP contribution in [-0.4, -0.2) is 13.1 Å². The number of allylic oxidation sites excluding steroid dienone is 1. The van der Waals surface area contributed by atoms with Gasteiger partial charge in [-0.05, 0) is 51.5 Å². The summed E-state index contributed by atoms with van der Waals surface area (Å²) in [6, 6.07) is 0.700. The fourth-order valence-corrected chi connectivity index (χ4v) is 3.34. The van der Waals surface area contributed by atoms with Gasteiger partial charge in [0.1, 0.15) is 0 Å². The van der Waals surface area contributed by atoms with E-state index in [1.165, 1.54) is 57.8 Å². The molecule has 2 aliphatic carbocycles. The highest BCUT2D eigenvalue weighted by molar-refractivity contribution is 5.14. The van der Waals surface area contributed by atoms with Gasteiger partial charge in [-0.1, -0.05) is 30.9 Å². The van der Waals surface area contributed by atoms with Crippen LogP contribution in [0.5, 0.6) is 0 Å². The summed E-state index contributed by atoms with van der Waals surface area (Å²) < 4.78 is 0. The highest BCUT2D eigenvalue weighted by atomic mass is 14.9. The fraction of sp³-hybridized carbons (Fsp3) is 0.857. The van der Waals surface area contributed by atoms with Crippen LogP contribution in [-0.2, 0) is 0 Å². The Bertz CT molecular complexity index is 213. The number of nitrogens with one attached hydrogen (secondary N) is 1. The molecule has 0 saturated heterocycles. The first-order valence-corrected chi connectivity index (χ1v) is 6.78. The van der Waals surface area contributed by atoms with Crippen LogP contribution >= 0.6 is 0 Å². The van der Waals surface area contributed by atoms with Gasteiger partial charge < -0.3 is 5.32 Å². The number of rotatable bonds is 3. The van der Waals surface area contributed by atoms with Gasteiger partial charge in [-0.25, -0.2) is 0 Å². The van der Waals surface area contributed by atoms with Gasteiger partial charge in [0.05, 0.1) is 0 Å². The van der Waals surface area contributed by atoms with Gasteiger partial charge >= 0.3 is 0 Å². The van der Waals surface area contributed by atoms with E-state index in [9.17, 15) is 0 Å². The van der Waals surface area contributed by atoms with E-state index in [1.54, 1.807) is 5.57 Å². The van der Waals surface area contributed by atoms with Crippen molar-refractivity contribution in [2.24, 2.45) is 5.92 Å². The van der Waals surface area contributed by atoms with E-state index < -0.39 is 0 Å². The molecule has 1 saturated carbocycles. The van der Waals surface area contributed by atoms with E-state index in [2.05, 4.69) is 18.4 Å². The first kappa shape index (κ1) is 11.2. The van der Waals surface area contributed by atoms with E-state index in [1.807, 2.05) is 0 Å². The summed E-state index contributed by atoms with van der Waals surface area (Å²) in [5.74, 6) is 0.924. The zero-order valence-corrected chi connectivity index (χ0v) is 10.1. The minimum Gasteiger partial charge on any atom is -0.313 e. The average Bonchev–Trinajstić information content (AvgIpc) is 2.33. The molecule has 0 spiro atoms.